The zero-order valence-electron chi connectivity index (χ0n) is 11.7. The summed E-state index contributed by atoms with van der Waals surface area (Å²) in [6, 6.07) is 5.03. The fourth-order valence-electron chi connectivity index (χ4n) is 2.86. The van der Waals surface area contributed by atoms with Crippen LogP contribution in [0.25, 0.3) is 11.1 Å². The van der Waals surface area contributed by atoms with E-state index in [9.17, 15) is 10.1 Å². The second kappa shape index (κ2) is 5.69. The molecule has 3 rings (SSSR count). The van der Waals surface area contributed by atoms with E-state index in [4.69, 9.17) is 10.2 Å². The van der Waals surface area contributed by atoms with Crippen molar-refractivity contribution in [3.05, 3.63) is 28.3 Å². The molecule has 1 saturated heterocycles. The molecule has 1 aromatic heterocycles. The largest absolute Gasteiger partial charge is 0.423 e. The van der Waals surface area contributed by atoms with E-state index >= 15 is 0 Å². The Hall–Kier alpha value is -2.15. The zero-order chi connectivity index (χ0) is 14.8. The molecule has 0 spiro atoms. The van der Waals surface area contributed by atoms with Gasteiger partial charge in [-0.1, -0.05) is 0 Å². The summed E-state index contributed by atoms with van der Waals surface area (Å²) >= 11 is 0. The topological polar surface area (TPSA) is 98.4 Å². The lowest BCUT2D eigenvalue weighted by molar-refractivity contribution is -0.384. The Morgan fingerprint density at radius 1 is 1.52 bits per heavy atom. The van der Waals surface area contributed by atoms with E-state index in [-0.39, 0.29) is 5.69 Å². The van der Waals surface area contributed by atoms with Crippen LogP contribution in [0, 0.1) is 16.0 Å². The number of oxazole rings is 1. The summed E-state index contributed by atoms with van der Waals surface area (Å²) < 4.78 is 5.73. The third kappa shape index (κ3) is 2.82. The molecule has 0 aliphatic carbocycles. The highest BCUT2D eigenvalue weighted by molar-refractivity contribution is 5.77. The smallest absolute Gasteiger partial charge is 0.298 e. The predicted octanol–water partition coefficient (Wildman–Crippen LogP) is 2.30. The third-order valence-electron chi connectivity index (χ3n) is 3.94. The van der Waals surface area contributed by atoms with Crippen LogP contribution in [0.4, 0.5) is 11.7 Å². The summed E-state index contributed by atoms with van der Waals surface area (Å²) in [5, 5.41) is 10.8. The van der Waals surface area contributed by atoms with E-state index in [1.165, 1.54) is 18.6 Å². The number of nitrogens with two attached hydrogens (primary N) is 1. The van der Waals surface area contributed by atoms with Crippen LogP contribution in [0.1, 0.15) is 19.3 Å². The van der Waals surface area contributed by atoms with Crippen molar-refractivity contribution in [2.75, 3.05) is 24.5 Å². The molecule has 7 nitrogen and oxygen atoms in total. The fraction of sp³-hybridized carbons (Fsp3) is 0.500. The maximum atomic E-state index is 10.8. The van der Waals surface area contributed by atoms with Crippen molar-refractivity contribution in [2.45, 2.75) is 19.3 Å². The van der Waals surface area contributed by atoms with Crippen molar-refractivity contribution < 1.29 is 9.34 Å². The Kier molecular flexibility index (Phi) is 3.74. The van der Waals surface area contributed by atoms with Crippen molar-refractivity contribution in [2.24, 2.45) is 11.7 Å². The van der Waals surface area contributed by atoms with E-state index in [0.717, 1.165) is 25.9 Å². The molecule has 0 amide bonds. The van der Waals surface area contributed by atoms with Gasteiger partial charge in [-0.25, -0.2) is 0 Å². The number of nitro groups is 1. The molecule has 0 saturated carbocycles. The van der Waals surface area contributed by atoms with E-state index in [2.05, 4.69) is 9.88 Å². The molecule has 1 aromatic carbocycles. The van der Waals surface area contributed by atoms with Crippen molar-refractivity contribution in [1.29, 1.82) is 0 Å². The molecule has 1 atom stereocenters. The minimum Gasteiger partial charge on any atom is -0.423 e. The second-order valence-electron chi connectivity index (χ2n) is 5.44. The molecule has 1 aliphatic rings. The molecule has 21 heavy (non-hydrogen) atoms. The Morgan fingerprint density at radius 3 is 3.14 bits per heavy atom. The normalized spacial score (nSPS) is 19.1. The van der Waals surface area contributed by atoms with Crippen LogP contribution in [0.15, 0.2) is 22.6 Å². The average Bonchev–Trinajstić information content (AvgIpc) is 2.91. The van der Waals surface area contributed by atoms with Crippen molar-refractivity contribution in [3.63, 3.8) is 0 Å². The highest BCUT2D eigenvalue weighted by Crippen LogP contribution is 2.29. The van der Waals surface area contributed by atoms with Crippen LogP contribution >= 0.6 is 0 Å². The molecule has 1 fully saturated rings. The number of anilines is 1. The van der Waals surface area contributed by atoms with Crippen molar-refractivity contribution in [1.82, 2.24) is 4.98 Å². The Bertz CT molecular complexity index is 653. The van der Waals surface area contributed by atoms with E-state index in [1.54, 1.807) is 6.07 Å². The Morgan fingerprint density at radius 2 is 2.38 bits per heavy atom. The number of hydrogen-bond donors (Lipinski definition) is 1. The van der Waals surface area contributed by atoms with Crippen LogP contribution < -0.4 is 10.6 Å². The quantitative estimate of drug-likeness (QED) is 0.685. The molecule has 2 aromatic rings. The van der Waals surface area contributed by atoms with E-state index in [0.29, 0.717) is 29.6 Å². The molecule has 7 heteroatoms. The van der Waals surface area contributed by atoms with Gasteiger partial charge >= 0.3 is 0 Å². The lowest BCUT2D eigenvalue weighted by Gasteiger charge is -2.31. The van der Waals surface area contributed by atoms with Gasteiger partial charge in [0, 0.05) is 25.2 Å². The highest BCUT2D eigenvalue weighted by atomic mass is 16.6. The number of fused-ring (bicyclic) bond motifs is 1. The molecule has 1 unspecified atom stereocenters. The molecule has 2 N–H and O–H groups in total. The number of hydrogen-bond acceptors (Lipinski definition) is 6. The van der Waals surface area contributed by atoms with Gasteiger partial charge in [0.1, 0.15) is 5.52 Å². The highest BCUT2D eigenvalue weighted by Gasteiger charge is 2.23. The number of non-ortho nitro benzene ring substituents is 1. The second-order valence-corrected chi connectivity index (χ2v) is 5.44. The number of piperidine rings is 1. The minimum absolute atomic E-state index is 0.0296. The summed E-state index contributed by atoms with van der Waals surface area (Å²) in [7, 11) is 0. The number of nitro benzene ring substituents is 1. The van der Waals surface area contributed by atoms with Crippen molar-refractivity contribution >= 4 is 22.8 Å². The lowest BCUT2D eigenvalue weighted by Crippen LogP contribution is -2.36. The first-order valence-corrected chi connectivity index (χ1v) is 7.17. The Labute approximate surface area is 121 Å². The summed E-state index contributed by atoms with van der Waals surface area (Å²) in [4.78, 5) is 16.9. The van der Waals surface area contributed by atoms with Gasteiger partial charge in [-0.3, -0.25) is 10.1 Å². The number of nitrogens with zero attached hydrogens (tertiary/aromatic N) is 3. The Balaban J connectivity index is 1.85. The third-order valence-corrected chi connectivity index (χ3v) is 3.94. The van der Waals surface area contributed by atoms with Gasteiger partial charge in [0.2, 0.25) is 0 Å². The molecular formula is C14H18N4O3. The zero-order valence-corrected chi connectivity index (χ0v) is 11.7. The van der Waals surface area contributed by atoms with Gasteiger partial charge in [-0.15, -0.1) is 0 Å². The fourth-order valence-corrected chi connectivity index (χ4v) is 2.86. The van der Waals surface area contributed by atoms with E-state index in [1.807, 2.05) is 0 Å². The summed E-state index contributed by atoms with van der Waals surface area (Å²) in [5.74, 6) is 0.563. The first kappa shape index (κ1) is 13.8. The van der Waals surface area contributed by atoms with Gasteiger partial charge in [0.05, 0.1) is 4.92 Å². The molecule has 1 aliphatic heterocycles. The van der Waals surface area contributed by atoms with Gasteiger partial charge in [0.25, 0.3) is 11.7 Å². The SMILES string of the molecule is NCCC1CCCN(c2nc3cc([N+](=O)[O-])ccc3o2)C1. The molecule has 2 heterocycles. The van der Waals surface area contributed by atoms with Crippen LogP contribution in [-0.2, 0) is 0 Å². The van der Waals surface area contributed by atoms with Gasteiger partial charge in [-0.2, -0.15) is 4.98 Å². The van der Waals surface area contributed by atoms with E-state index < -0.39 is 4.92 Å². The first-order valence-electron chi connectivity index (χ1n) is 7.17. The van der Waals surface area contributed by atoms with Gasteiger partial charge in [-0.05, 0) is 37.8 Å². The summed E-state index contributed by atoms with van der Waals surface area (Å²) in [6.07, 6.45) is 3.27. The summed E-state index contributed by atoms with van der Waals surface area (Å²) in [6.45, 7) is 2.47. The van der Waals surface area contributed by atoms with Crippen molar-refractivity contribution in [3.8, 4) is 0 Å². The average molecular weight is 290 g/mol. The number of rotatable bonds is 4. The number of benzene rings is 1. The molecule has 0 bridgehead atoms. The maximum Gasteiger partial charge on any atom is 0.298 e. The standard InChI is InChI=1S/C14H18N4O3/c15-6-5-10-2-1-7-17(9-10)14-16-12-8-11(18(19)20)3-4-13(12)21-14/h3-4,8,10H,1-2,5-7,9,15H2. The molecular weight excluding hydrogens is 272 g/mol. The lowest BCUT2D eigenvalue weighted by atomic mass is 9.95. The molecule has 112 valence electrons. The van der Waals surface area contributed by atoms with Crippen LogP contribution in [-0.4, -0.2) is 29.5 Å². The molecule has 0 radical (unpaired) electrons. The van der Waals surface area contributed by atoms with Gasteiger partial charge < -0.3 is 15.1 Å². The first-order chi connectivity index (χ1) is 10.2. The summed E-state index contributed by atoms with van der Waals surface area (Å²) in [5.41, 5.74) is 6.77. The van der Waals surface area contributed by atoms with Crippen LogP contribution in [0.5, 0.6) is 0 Å². The monoisotopic (exact) mass is 290 g/mol. The van der Waals surface area contributed by atoms with Crippen LogP contribution in [0.2, 0.25) is 0 Å². The van der Waals surface area contributed by atoms with Crippen LogP contribution in [0.3, 0.4) is 0 Å². The maximum absolute atomic E-state index is 10.8. The predicted molar refractivity (Wildman–Crippen MR) is 79.3 cm³/mol. The minimum atomic E-state index is -0.425. The number of aromatic nitrogens is 1. The van der Waals surface area contributed by atoms with Gasteiger partial charge in [0.15, 0.2) is 5.58 Å².